The van der Waals surface area contributed by atoms with Gasteiger partial charge < -0.3 is 4.74 Å². The molecule has 0 aliphatic heterocycles. The molecule has 2 nitrogen and oxygen atoms in total. The number of hydrogen-bond donors (Lipinski definition) is 0. The molecule has 0 saturated heterocycles. The molecule has 0 atom stereocenters. The van der Waals surface area contributed by atoms with Crippen molar-refractivity contribution in [2.75, 3.05) is 7.11 Å². The fourth-order valence-electron chi connectivity index (χ4n) is 1.52. The monoisotopic (exact) mass is 218 g/mol. The summed E-state index contributed by atoms with van der Waals surface area (Å²) in [6.07, 6.45) is 4.70. The Balaban J connectivity index is 2.87. The first kappa shape index (κ1) is 12.5. The van der Waals surface area contributed by atoms with Crippen LogP contribution in [0.1, 0.15) is 31.7 Å². The normalized spacial score (nSPS) is 11.2. The van der Waals surface area contributed by atoms with E-state index in [0.717, 1.165) is 30.4 Å². The number of hydrogen-bond acceptors (Lipinski definition) is 2. The molecule has 1 aromatic carbocycles. The second-order valence-electron chi connectivity index (χ2n) is 3.66. The lowest BCUT2D eigenvalue weighted by atomic mass is 10.00. The molecule has 0 bridgehead atoms. The predicted octanol–water partition coefficient (Wildman–Crippen LogP) is 3.43. The van der Waals surface area contributed by atoms with E-state index >= 15 is 0 Å². The molecule has 0 saturated carbocycles. The fraction of sp³-hybridized carbons (Fsp3) is 0.357. The number of ether oxygens (including phenoxy) is 1. The van der Waals surface area contributed by atoms with E-state index < -0.39 is 0 Å². The van der Waals surface area contributed by atoms with Crippen molar-refractivity contribution in [1.29, 1.82) is 0 Å². The third-order valence-electron chi connectivity index (χ3n) is 2.44. The first-order valence-corrected chi connectivity index (χ1v) is 5.62. The summed E-state index contributed by atoms with van der Waals surface area (Å²) in [6.45, 7) is 2.14. The number of allylic oxidation sites excluding steroid dienone is 1. The van der Waals surface area contributed by atoms with Crippen LogP contribution in [0.25, 0.3) is 5.57 Å². The molecule has 0 fully saturated rings. The van der Waals surface area contributed by atoms with E-state index in [-0.39, 0.29) is 5.97 Å². The Morgan fingerprint density at radius 1 is 1.31 bits per heavy atom. The van der Waals surface area contributed by atoms with Crippen molar-refractivity contribution in [3.63, 3.8) is 0 Å². The summed E-state index contributed by atoms with van der Waals surface area (Å²) in [6, 6.07) is 9.97. The molecule has 0 heterocycles. The second kappa shape index (κ2) is 6.83. The number of rotatable bonds is 5. The maximum Gasteiger partial charge on any atom is 0.330 e. The van der Waals surface area contributed by atoms with E-state index in [1.54, 1.807) is 6.08 Å². The number of esters is 1. The Labute approximate surface area is 96.9 Å². The Morgan fingerprint density at radius 2 is 2.00 bits per heavy atom. The summed E-state index contributed by atoms with van der Waals surface area (Å²) in [5.74, 6) is -0.282. The van der Waals surface area contributed by atoms with Crippen molar-refractivity contribution < 1.29 is 9.53 Å². The number of carbonyl (C=O) groups excluding carboxylic acids is 1. The number of unbranched alkanes of at least 4 members (excludes halogenated alkanes) is 1. The lowest BCUT2D eigenvalue weighted by Crippen LogP contribution is -1.97. The molecule has 86 valence electrons. The van der Waals surface area contributed by atoms with Gasteiger partial charge in [0.2, 0.25) is 0 Å². The van der Waals surface area contributed by atoms with Crippen LogP contribution in [0.4, 0.5) is 0 Å². The molecule has 0 N–H and O–H groups in total. The highest BCUT2D eigenvalue weighted by Gasteiger charge is 2.04. The molecular formula is C14H18O2. The summed E-state index contributed by atoms with van der Waals surface area (Å²) in [4.78, 5) is 11.3. The summed E-state index contributed by atoms with van der Waals surface area (Å²) < 4.78 is 4.67. The van der Waals surface area contributed by atoms with Gasteiger partial charge in [-0.25, -0.2) is 4.79 Å². The lowest BCUT2D eigenvalue weighted by Gasteiger charge is -2.06. The van der Waals surface area contributed by atoms with Gasteiger partial charge in [0.1, 0.15) is 0 Å². The van der Waals surface area contributed by atoms with Gasteiger partial charge in [-0.1, -0.05) is 43.7 Å². The molecule has 0 aromatic heterocycles. The zero-order chi connectivity index (χ0) is 11.8. The van der Waals surface area contributed by atoms with Gasteiger partial charge in [-0.15, -0.1) is 0 Å². The Hall–Kier alpha value is -1.57. The number of methoxy groups -OCH3 is 1. The predicted molar refractivity (Wildman–Crippen MR) is 66.0 cm³/mol. The van der Waals surface area contributed by atoms with Crippen molar-refractivity contribution in [2.24, 2.45) is 0 Å². The Morgan fingerprint density at radius 3 is 2.56 bits per heavy atom. The molecule has 0 radical (unpaired) electrons. The van der Waals surface area contributed by atoms with Gasteiger partial charge in [-0.05, 0) is 24.0 Å². The van der Waals surface area contributed by atoms with Crippen LogP contribution in [0.2, 0.25) is 0 Å². The van der Waals surface area contributed by atoms with Gasteiger partial charge in [0.25, 0.3) is 0 Å². The molecule has 2 heteroatoms. The van der Waals surface area contributed by atoms with Gasteiger partial charge in [-0.2, -0.15) is 0 Å². The molecule has 0 amide bonds. The fourth-order valence-corrected chi connectivity index (χ4v) is 1.52. The van der Waals surface area contributed by atoms with E-state index in [1.807, 2.05) is 30.3 Å². The highest BCUT2D eigenvalue weighted by Crippen LogP contribution is 2.20. The Kier molecular flexibility index (Phi) is 5.34. The first-order valence-electron chi connectivity index (χ1n) is 5.62. The van der Waals surface area contributed by atoms with Gasteiger partial charge in [-0.3, -0.25) is 0 Å². The van der Waals surface area contributed by atoms with Crippen LogP contribution in [0.15, 0.2) is 36.4 Å². The topological polar surface area (TPSA) is 26.3 Å². The van der Waals surface area contributed by atoms with Gasteiger partial charge >= 0.3 is 5.97 Å². The smallest absolute Gasteiger partial charge is 0.330 e. The quantitative estimate of drug-likeness (QED) is 0.559. The zero-order valence-electron chi connectivity index (χ0n) is 9.90. The highest BCUT2D eigenvalue weighted by molar-refractivity contribution is 5.91. The highest BCUT2D eigenvalue weighted by atomic mass is 16.5. The molecule has 0 spiro atoms. The average molecular weight is 218 g/mol. The Bertz CT molecular complexity index is 352. The van der Waals surface area contributed by atoms with Crippen LogP contribution in [0, 0.1) is 0 Å². The molecule has 1 rings (SSSR count). The molecule has 0 aliphatic carbocycles. The minimum atomic E-state index is -0.282. The van der Waals surface area contributed by atoms with Crippen molar-refractivity contribution in [2.45, 2.75) is 26.2 Å². The summed E-state index contributed by atoms with van der Waals surface area (Å²) in [7, 11) is 1.40. The van der Waals surface area contributed by atoms with Gasteiger partial charge in [0.05, 0.1) is 7.11 Å². The van der Waals surface area contributed by atoms with E-state index in [4.69, 9.17) is 0 Å². The molecule has 16 heavy (non-hydrogen) atoms. The van der Waals surface area contributed by atoms with Crippen molar-refractivity contribution in [1.82, 2.24) is 0 Å². The third kappa shape index (κ3) is 3.89. The molecular weight excluding hydrogens is 200 g/mol. The lowest BCUT2D eigenvalue weighted by molar-refractivity contribution is -0.134. The van der Waals surface area contributed by atoms with Crippen LogP contribution in [-0.4, -0.2) is 13.1 Å². The van der Waals surface area contributed by atoms with Crippen LogP contribution >= 0.6 is 0 Å². The third-order valence-corrected chi connectivity index (χ3v) is 2.44. The van der Waals surface area contributed by atoms with Gasteiger partial charge in [0, 0.05) is 6.08 Å². The number of carbonyl (C=O) groups is 1. The second-order valence-corrected chi connectivity index (χ2v) is 3.66. The summed E-state index contributed by atoms with van der Waals surface area (Å²) >= 11 is 0. The summed E-state index contributed by atoms with van der Waals surface area (Å²) in [5, 5.41) is 0. The van der Waals surface area contributed by atoms with Crippen LogP contribution in [-0.2, 0) is 9.53 Å². The SMILES string of the molecule is CCCC/C(=C\C(=O)OC)c1ccccc1. The van der Waals surface area contributed by atoms with E-state index in [2.05, 4.69) is 11.7 Å². The largest absolute Gasteiger partial charge is 0.466 e. The standard InChI is InChI=1S/C14H18O2/c1-3-4-8-13(11-14(15)16-2)12-9-6-5-7-10-12/h5-7,9-11H,3-4,8H2,1-2H3/b13-11+. The van der Waals surface area contributed by atoms with Crippen molar-refractivity contribution in [3.8, 4) is 0 Å². The maximum absolute atomic E-state index is 11.3. The van der Waals surface area contributed by atoms with Crippen molar-refractivity contribution >= 4 is 11.5 Å². The average Bonchev–Trinajstić information content (AvgIpc) is 2.35. The maximum atomic E-state index is 11.3. The van der Waals surface area contributed by atoms with Crippen molar-refractivity contribution in [3.05, 3.63) is 42.0 Å². The zero-order valence-corrected chi connectivity index (χ0v) is 9.90. The molecule has 0 aliphatic rings. The van der Waals surface area contributed by atoms with E-state index in [9.17, 15) is 4.79 Å². The van der Waals surface area contributed by atoms with E-state index in [1.165, 1.54) is 7.11 Å². The molecule has 1 aromatic rings. The summed E-state index contributed by atoms with van der Waals surface area (Å²) in [5.41, 5.74) is 2.15. The first-order chi connectivity index (χ1) is 7.77. The van der Waals surface area contributed by atoms with Crippen LogP contribution < -0.4 is 0 Å². The van der Waals surface area contributed by atoms with Crippen LogP contribution in [0.3, 0.4) is 0 Å². The minimum Gasteiger partial charge on any atom is -0.466 e. The van der Waals surface area contributed by atoms with Crippen LogP contribution in [0.5, 0.6) is 0 Å². The number of benzene rings is 1. The van der Waals surface area contributed by atoms with Gasteiger partial charge in [0.15, 0.2) is 0 Å². The van der Waals surface area contributed by atoms with E-state index in [0.29, 0.717) is 0 Å². The minimum absolute atomic E-state index is 0.282. The molecule has 0 unspecified atom stereocenters.